The summed E-state index contributed by atoms with van der Waals surface area (Å²) in [6.45, 7) is 1.70. The number of urea groups is 1. The fourth-order valence-corrected chi connectivity index (χ4v) is 3.45. The van der Waals surface area contributed by atoms with Crippen LogP contribution >= 0.6 is 23.1 Å². The molecular weight excluding hydrogens is 294 g/mol. The molecule has 5 nitrogen and oxygen atoms in total. The summed E-state index contributed by atoms with van der Waals surface area (Å²) in [5, 5.41) is 3.56. The van der Waals surface area contributed by atoms with Crippen LogP contribution in [0, 0.1) is 0 Å². The van der Waals surface area contributed by atoms with Crippen LogP contribution in [0.4, 0.5) is 4.79 Å². The Bertz CT molecular complexity index is 613. The molecule has 0 saturated carbocycles. The van der Waals surface area contributed by atoms with Crippen LogP contribution in [0.5, 0.6) is 0 Å². The molecule has 104 valence electrons. The van der Waals surface area contributed by atoms with E-state index in [-0.39, 0.29) is 0 Å². The van der Waals surface area contributed by atoms with Gasteiger partial charge in [0.1, 0.15) is 0 Å². The Balaban J connectivity index is 2.03. The molecule has 1 aromatic carbocycles. The number of thioether (sulfide) groups is 1. The average Bonchev–Trinajstić information content (AvgIpc) is 2.87. The van der Waals surface area contributed by atoms with Crippen molar-refractivity contribution in [3.63, 3.8) is 0 Å². The maximum Gasteiger partial charge on any atom is 0.318 e. The molecule has 0 saturated heterocycles. The number of nitrogens with two attached hydrogens (primary N) is 1. The molecule has 0 aliphatic heterocycles. The second-order valence-electron chi connectivity index (χ2n) is 3.98. The molecule has 3 N–H and O–H groups in total. The first kappa shape index (κ1) is 14.5. The van der Waals surface area contributed by atoms with Crippen molar-refractivity contribution in [2.45, 2.75) is 16.5 Å². The van der Waals surface area contributed by atoms with E-state index < -0.39 is 17.2 Å². The number of benzene rings is 1. The number of thiazole rings is 1. The van der Waals surface area contributed by atoms with Gasteiger partial charge in [0.05, 0.1) is 10.9 Å². The van der Waals surface area contributed by atoms with Gasteiger partial charge in [-0.15, -0.1) is 11.3 Å². The Morgan fingerprint density at radius 1 is 1.35 bits per heavy atom. The Morgan fingerprint density at radius 3 is 2.70 bits per heavy atom. The largest absolute Gasteiger partial charge is 0.351 e. The van der Waals surface area contributed by atoms with E-state index in [4.69, 9.17) is 5.73 Å². The summed E-state index contributed by atoms with van der Waals surface area (Å²) >= 11 is 2.76. The normalized spacial score (nSPS) is 11.8. The third-order valence-electron chi connectivity index (χ3n) is 2.45. The van der Waals surface area contributed by atoms with E-state index in [1.54, 1.807) is 6.92 Å². The minimum absolute atomic E-state index is 0.418. The van der Waals surface area contributed by atoms with Gasteiger partial charge < -0.3 is 5.73 Å². The second-order valence-corrected chi connectivity index (χ2v) is 6.42. The fourth-order valence-electron chi connectivity index (χ4n) is 1.48. The van der Waals surface area contributed by atoms with E-state index >= 15 is 0 Å². The zero-order valence-electron chi connectivity index (χ0n) is 10.7. The van der Waals surface area contributed by atoms with Crippen LogP contribution in [0.15, 0.2) is 40.1 Å². The lowest BCUT2D eigenvalue weighted by Gasteiger charge is -2.07. The number of aromatic nitrogens is 1. The first-order valence-electron chi connectivity index (χ1n) is 5.84. The summed E-state index contributed by atoms with van der Waals surface area (Å²) in [5.74, 6) is -0.418. The number of amides is 3. The number of primary amides is 1. The number of carbonyl (C=O) groups is 2. The van der Waals surface area contributed by atoms with Gasteiger partial charge in [-0.2, -0.15) is 0 Å². The summed E-state index contributed by atoms with van der Waals surface area (Å²) < 4.78 is 0.774. The molecular formula is C13H13N3O2S2. The smallest absolute Gasteiger partial charge is 0.318 e. The highest BCUT2D eigenvalue weighted by molar-refractivity contribution is 8.02. The van der Waals surface area contributed by atoms with Gasteiger partial charge in [-0.1, -0.05) is 42.1 Å². The van der Waals surface area contributed by atoms with Gasteiger partial charge in [-0.05, 0) is 6.92 Å². The number of carbonyl (C=O) groups excluding carboxylic acids is 2. The van der Waals surface area contributed by atoms with Crippen LogP contribution in [0.1, 0.15) is 6.92 Å². The Hall–Kier alpha value is -1.86. The Kier molecular flexibility index (Phi) is 4.75. The molecule has 1 atom stereocenters. The van der Waals surface area contributed by atoms with Crippen molar-refractivity contribution in [3.05, 3.63) is 35.7 Å². The predicted octanol–water partition coefficient (Wildman–Crippen LogP) is 2.49. The summed E-state index contributed by atoms with van der Waals surface area (Å²) in [7, 11) is 0. The topological polar surface area (TPSA) is 85.1 Å². The summed E-state index contributed by atoms with van der Waals surface area (Å²) in [4.78, 5) is 26.7. The van der Waals surface area contributed by atoms with Crippen LogP contribution in [-0.4, -0.2) is 22.2 Å². The van der Waals surface area contributed by atoms with E-state index in [1.807, 2.05) is 35.7 Å². The number of hydrogen-bond donors (Lipinski definition) is 2. The summed E-state index contributed by atoms with van der Waals surface area (Å²) in [5.41, 5.74) is 6.82. The van der Waals surface area contributed by atoms with E-state index in [1.165, 1.54) is 23.1 Å². The molecule has 0 unspecified atom stereocenters. The molecule has 3 amide bonds. The van der Waals surface area contributed by atoms with Crippen LogP contribution in [-0.2, 0) is 4.79 Å². The molecule has 2 aromatic rings. The predicted molar refractivity (Wildman–Crippen MR) is 80.6 cm³/mol. The molecule has 0 bridgehead atoms. The average molecular weight is 307 g/mol. The lowest BCUT2D eigenvalue weighted by atomic mass is 10.2. The van der Waals surface area contributed by atoms with Gasteiger partial charge in [-0.3, -0.25) is 10.1 Å². The molecule has 1 aromatic heterocycles. The highest BCUT2D eigenvalue weighted by Crippen LogP contribution is 2.30. The number of nitrogens with zero attached hydrogens (tertiary/aromatic N) is 1. The van der Waals surface area contributed by atoms with Gasteiger partial charge >= 0.3 is 6.03 Å². The molecule has 20 heavy (non-hydrogen) atoms. The molecule has 0 aliphatic rings. The van der Waals surface area contributed by atoms with E-state index in [9.17, 15) is 9.59 Å². The van der Waals surface area contributed by atoms with Crippen molar-refractivity contribution in [2.75, 3.05) is 0 Å². The molecule has 0 aliphatic carbocycles. The summed E-state index contributed by atoms with van der Waals surface area (Å²) in [6.07, 6.45) is 0. The zero-order valence-corrected chi connectivity index (χ0v) is 12.3. The van der Waals surface area contributed by atoms with E-state index in [2.05, 4.69) is 10.3 Å². The van der Waals surface area contributed by atoms with Crippen molar-refractivity contribution in [2.24, 2.45) is 5.73 Å². The highest BCUT2D eigenvalue weighted by atomic mass is 32.2. The summed E-state index contributed by atoms with van der Waals surface area (Å²) in [6, 6.07) is 8.96. The van der Waals surface area contributed by atoms with Crippen molar-refractivity contribution in [1.82, 2.24) is 10.3 Å². The molecule has 1 heterocycles. The number of nitrogens with one attached hydrogen (secondary N) is 1. The first-order chi connectivity index (χ1) is 9.56. The van der Waals surface area contributed by atoms with Crippen molar-refractivity contribution in [3.8, 4) is 11.3 Å². The standard InChI is InChI=1S/C13H13N3O2S2/c1-8(11(17)16-12(14)18)20-13-15-10(7-19-13)9-5-3-2-4-6-9/h2-8H,1H3,(H3,14,16,17,18)/t8-/m0/s1. The van der Waals surface area contributed by atoms with E-state index in [0.717, 1.165) is 15.6 Å². The molecule has 7 heteroatoms. The fraction of sp³-hybridized carbons (Fsp3) is 0.154. The van der Waals surface area contributed by atoms with Crippen LogP contribution in [0.2, 0.25) is 0 Å². The van der Waals surface area contributed by atoms with Crippen LogP contribution in [0.3, 0.4) is 0 Å². The SMILES string of the molecule is C[C@H](Sc1nc(-c2ccccc2)cs1)C(=O)NC(N)=O. The quantitative estimate of drug-likeness (QED) is 0.850. The van der Waals surface area contributed by atoms with Crippen molar-refractivity contribution >= 4 is 35.0 Å². The Labute approximate surface area is 124 Å². The lowest BCUT2D eigenvalue weighted by Crippen LogP contribution is -2.39. The van der Waals surface area contributed by atoms with Crippen LogP contribution < -0.4 is 11.1 Å². The van der Waals surface area contributed by atoms with Crippen molar-refractivity contribution in [1.29, 1.82) is 0 Å². The third-order valence-corrected chi connectivity index (χ3v) is 4.52. The molecule has 2 rings (SSSR count). The zero-order chi connectivity index (χ0) is 14.5. The Morgan fingerprint density at radius 2 is 2.05 bits per heavy atom. The molecule has 0 spiro atoms. The van der Waals surface area contributed by atoms with E-state index in [0.29, 0.717) is 0 Å². The van der Waals surface area contributed by atoms with Gasteiger partial charge in [0.2, 0.25) is 5.91 Å². The second kappa shape index (κ2) is 6.53. The minimum Gasteiger partial charge on any atom is -0.351 e. The van der Waals surface area contributed by atoms with Gasteiger partial charge in [0.25, 0.3) is 0 Å². The highest BCUT2D eigenvalue weighted by Gasteiger charge is 2.17. The third kappa shape index (κ3) is 3.82. The lowest BCUT2D eigenvalue weighted by molar-refractivity contribution is -0.119. The van der Waals surface area contributed by atoms with Gasteiger partial charge in [0.15, 0.2) is 4.34 Å². The number of rotatable bonds is 4. The number of hydrogen-bond acceptors (Lipinski definition) is 5. The monoisotopic (exact) mass is 307 g/mol. The van der Waals surface area contributed by atoms with Gasteiger partial charge in [-0.25, -0.2) is 9.78 Å². The minimum atomic E-state index is -0.841. The van der Waals surface area contributed by atoms with Gasteiger partial charge in [0, 0.05) is 10.9 Å². The maximum absolute atomic E-state index is 11.6. The van der Waals surface area contributed by atoms with Crippen LogP contribution in [0.25, 0.3) is 11.3 Å². The molecule has 0 fully saturated rings. The maximum atomic E-state index is 11.6. The molecule has 0 radical (unpaired) electrons. The number of imide groups is 1. The van der Waals surface area contributed by atoms with Crippen molar-refractivity contribution < 1.29 is 9.59 Å². The first-order valence-corrected chi connectivity index (χ1v) is 7.60.